The van der Waals surface area contributed by atoms with Gasteiger partial charge in [0.05, 0.1) is 12.2 Å². The summed E-state index contributed by atoms with van der Waals surface area (Å²) in [6.07, 6.45) is 1.85. The van der Waals surface area contributed by atoms with Crippen LogP contribution < -0.4 is 5.32 Å². The molecule has 0 amide bonds. The van der Waals surface area contributed by atoms with Crippen LogP contribution >= 0.6 is 11.6 Å². The molecule has 4 heteroatoms. The van der Waals surface area contributed by atoms with Crippen molar-refractivity contribution in [1.29, 1.82) is 0 Å². The van der Waals surface area contributed by atoms with Crippen LogP contribution in [0.3, 0.4) is 0 Å². The van der Waals surface area contributed by atoms with E-state index < -0.39 is 0 Å². The summed E-state index contributed by atoms with van der Waals surface area (Å²) in [6.45, 7) is 2.66. The Balaban J connectivity index is 1.99. The highest BCUT2D eigenvalue weighted by Gasteiger charge is 1.97. The van der Waals surface area contributed by atoms with Gasteiger partial charge in [-0.15, -0.1) is 0 Å². The molecule has 0 aromatic carbocycles. The van der Waals surface area contributed by atoms with Crippen LogP contribution in [0.25, 0.3) is 0 Å². The fraction of sp³-hybridized carbons (Fsp3) is 0.167. The molecule has 0 radical (unpaired) electrons. The highest BCUT2D eigenvalue weighted by atomic mass is 35.5. The molecular formula is C12H12ClN3. The molecule has 0 saturated heterocycles. The largest absolute Gasteiger partial charge is 0.364 e. The minimum Gasteiger partial charge on any atom is -0.364 e. The van der Waals surface area contributed by atoms with Gasteiger partial charge in [0.2, 0.25) is 0 Å². The van der Waals surface area contributed by atoms with Gasteiger partial charge in [0, 0.05) is 6.20 Å². The Morgan fingerprint density at radius 2 is 2.12 bits per heavy atom. The van der Waals surface area contributed by atoms with Gasteiger partial charge in [0.1, 0.15) is 11.0 Å². The lowest BCUT2D eigenvalue weighted by atomic mass is 10.3. The normalized spacial score (nSPS) is 10.1. The van der Waals surface area contributed by atoms with Crippen molar-refractivity contribution in [2.45, 2.75) is 13.5 Å². The Kier molecular flexibility index (Phi) is 3.37. The van der Waals surface area contributed by atoms with Crippen molar-refractivity contribution in [3.8, 4) is 0 Å². The summed E-state index contributed by atoms with van der Waals surface area (Å²) in [5.41, 5.74) is 2.14. The van der Waals surface area contributed by atoms with Gasteiger partial charge in [0.15, 0.2) is 0 Å². The lowest BCUT2D eigenvalue weighted by Crippen LogP contribution is -2.02. The Morgan fingerprint density at radius 1 is 1.25 bits per heavy atom. The van der Waals surface area contributed by atoms with Crippen molar-refractivity contribution in [3.05, 3.63) is 52.9 Å². The minimum absolute atomic E-state index is 0.488. The van der Waals surface area contributed by atoms with Gasteiger partial charge in [-0.2, -0.15) is 0 Å². The molecule has 0 fully saturated rings. The standard InChI is InChI=1S/C12H12ClN3/c1-9-5-6-10(14-7-9)8-15-12-4-2-3-11(13)16-12/h2-7H,8H2,1H3,(H,15,16). The number of nitrogens with one attached hydrogen (secondary N) is 1. The number of nitrogens with zero attached hydrogens (tertiary/aromatic N) is 2. The van der Waals surface area contributed by atoms with E-state index in [0.717, 1.165) is 17.1 Å². The molecule has 0 unspecified atom stereocenters. The van der Waals surface area contributed by atoms with Crippen molar-refractivity contribution >= 4 is 17.4 Å². The van der Waals surface area contributed by atoms with Gasteiger partial charge in [0.25, 0.3) is 0 Å². The van der Waals surface area contributed by atoms with Crippen molar-refractivity contribution in [2.75, 3.05) is 5.32 Å². The number of pyridine rings is 2. The summed E-state index contributed by atoms with van der Waals surface area (Å²) in [4.78, 5) is 8.42. The molecule has 0 spiro atoms. The topological polar surface area (TPSA) is 37.8 Å². The number of aryl methyl sites for hydroxylation is 1. The van der Waals surface area contributed by atoms with E-state index in [0.29, 0.717) is 11.7 Å². The maximum atomic E-state index is 5.78. The molecule has 3 nitrogen and oxygen atoms in total. The van der Waals surface area contributed by atoms with E-state index in [-0.39, 0.29) is 0 Å². The maximum absolute atomic E-state index is 5.78. The molecule has 2 rings (SSSR count). The summed E-state index contributed by atoms with van der Waals surface area (Å²) in [6, 6.07) is 9.51. The van der Waals surface area contributed by atoms with Crippen molar-refractivity contribution in [1.82, 2.24) is 9.97 Å². The predicted molar refractivity (Wildman–Crippen MR) is 65.5 cm³/mol. The molecule has 1 N–H and O–H groups in total. The highest BCUT2D eigenvalue weighted by molar-refractivity contribution is 6.29. The molecule has 2 heterocycles. The van der Waals surface area contributed by atoms with Gasteiger partial charge in [-0.1, -0.05) is 23.7 Å². The van der Waals surface area contributed by atoms with Crippen LogP contribution in [-0.4, -0.2) is 9.97 Å². The summed E-state index contributed by atoms with van der Waals surface area (Å²) in [5, 5.41) is 3.65. The van der Waals surface area contributed by atoms with Crippen LogP contribution in [0.2, 0.25) is 5.15 Å². The summed E-state index contributed by atoms with van der Waals surface area (Å²) < 4.78 is 0. The van der Waals surface area contributed by atoms with Crippen LogP contribution in [0, 0.1) is 6.92 Å². The second kappa shape index (κ2) is 4.94. The first-order chi connectivity index (χ1) is 7.74. The average molecular weight is 234 g/mol. The fourth-order valence-electron chi connectivity index (χ4n) is 1.29. The molecule has 0 bridgehead atoms. The molecule has 2 aromatic rings. The van der Waals surface area contributed by atoms with Crippen molar-refractivity contribution in [2.24, 2.45) is 0 Å². The monoisotopic (exact) mass is 233 g/mol. The SMILES string of the molecule is Cc1ccc(CNc2cccc(Cl)n2)nc1. The molecular weight excluding hydrogens is 222 g/mol. The smallest absolute Gasteiger partial charge is 0.131 e. The molecule has 0 aliphatic rings. The van der Waals surface area contributed by atoms with Gasteiger partial charge in [-0.05, 0) is 30.7 Å². The molecule has 2 aromatic heterocycles. The lowest BCUT2D eigenvalue weighted by Gasteiger charge is -2.05. The number of aromatic nitrogens is 2. The van der Waals surface area contributed by atoms with Crippen molar-refractivity contribution in [3.63, 3.8) is 0 Å². The van der Waals surface area contributed by atoms with Gasteiger partial charge < -0.3 is 5.32 Å². The van der Waals surface area contributed by atoms with E-state index in [9.17, 15) is 0 Å². The van der Waals surface area contributed by atoms with Crippen molar-refractivity contribution < 1.29 is 0 Å². The number of rotatable bonds is 3. The minimum atomic E-state index is 0.488. The van der Waals surface area contributed by atoms with Crippen LogP contribution in [0.15, 0.2) is 36.5 Å². The van der Waals surface area contributed by atoms with Gasteiger partial charge >= 0.3 is 0 Å². The van der Waals surface area contributed by atoms with E-state index in [2.05, 4.69) is 15.3 Å². The third-order valence-electron chi connectivity index (χ3n) is 2.14. The molecule has 0 saturated carbocycles. The first-order valence-electron chi connectivity index (χ1n) is 5.02. The van der Waals surface area contributed by atoms with E-state index in [1.807, 2.05) is 37.4 Å². The molecule has 0 aliphatic heterocycles. The zero-order valence-electron chi connectivity index (χ0n) is 8.94. The molecule has 0 aliphatic carbocycles. The Bertz CT molecular complexity index is 468. The van der Waals surface area contributed by atoms with Crippen LogP contribution in [0.1, 0.15) is 11.3 Å². The average Bonchev–Trinajstić information content (AvgIpc) is 2.28. The van der Waals surface area contributed by atoms with Crippen LogP contribution in [0.5, 0.6) is 0 Å². The second-order valence-electron chi connectivity index (χ2n) is 3.53. The maximum Gasteiger partial charge on any atom is 0.131 e. The quantitative estimate of drug-likeness (QED) is 0.828. The number of anilines is 1. The predicted octanol–water partition coefficient (Wildman–Crippen LogP) is 3.05. The third-order valence-corrected chi connectivity index (χ3v) is 2.35. The van der Waals surface area contributed by atoms with Crippen LogP contribution in [-0.2, 0) is 6.54 Å². The number of hydrogen-bond acceptors (Lipinski definition) is 3. The van der Waals surface area contributed by atoms with E-state index >= 15 is 0 Å². The second-order valence-corrected chi connectivity index (χ2v) is 3.91. The molecule has 82 valence electrons. The first-order valence-corrected chi connectivity index (χ1v) is 5.40. The van der Waals surface area contributed by atoms with Gasteiger partial charge in [-0.3, -0.25) is 4.98 Å². The third kappa shape index (κ3) is 2.94. The zero-order chi connectivity index (χ0) is 11.4. The fourth-order valence-corrected chi connectivity index (χ4v) is 1.45. The van der Waals surface area contributed by atoms with E-state index in [4.69, 9.17) is 11.6 Å². The summed E-state index contributed by atoms with van der Waals surface area (Å²) >= 11 is 5.78. The summed E-state index contributed by atoms with van der Waals surface area (Å²) in [7, 11) is 0. The Labute approximate surface area is 99.5 Å². The zero-order valence-corrected chi connectivity index (χ0v) is 9.70. The Morgan fingerprint density at radius 3 is 2.81 bits per heavy atom. The summed E-state index contributed by atoms with van der Waals surface area (Å²) in [5.74, 6) is 0.759. The first kappa shape index (κ1) is 10.9. The molecule has 0 atom stereocenters. The number of halogens is 1. The lowest BCUT2D eigenvalue weighted by molar-refractivity contribution is 1.02. The molecule has 16 heavy (non-hydrogen) atoms. The van der Waals surface area contributed by atoms with Gasteiger partial charge in [-0.25, -0.2) is 4.98 Å². The van der Waals surface area contributed by atoms with Crippen LogP contribution in [0.4, 0.5) is 5.82 Å². The van der Waals surface area contributed by atoms with E-state index in [1.165, 1.54) is 0 Å². The number of hydrogen-bond donors (Lipinski definition) is 1. The van der Waals surface area contributed by atoms with E-state index in [1.54, 1.807) is 6.07 Å². The Hall–Kier alpha value is -1.61. The highest BCUT2D eigenvalue weighted by Crippen LogP contribution is 2.10.